The van der Waals surface area contributed by atoms with E-state index in [1.165, 1.54) is 11.1 Å². The van der Waals surface area contributed by atoms with Gasteiger partial charge in [-0.25, -0.2) is 0 Å². The molecule has 0 saturated heterocycles. The molecule has 0 bridgehead atoms. The van der Waals surface area contributed by atoms with Crippen LogP contribution in [-0.4, -0.2) is 9.55 Å². The van der Waals surface area contributed by atoms with E-state index in [0.29, 0.717) is 0 Å². The lowest BCUT2D eigenvalue weighted by atomic mass is 10.1. The fraction of sp³-hybridized carbons (Fsp3) is 0.231. The molecule has 1 aromatic carbocycles. The maximum Gasteiger partial charge on any atom is 0.108 e. The Hall–Kier alpha value is -2.10. The Morgan fingerprint density at radius 3 is 2.71 bits per heavy atom. The van der Waals surface area contributed by atoms with Crippen LogP contribution in [0.1, 0.15) is 11.1 Å². The van der Waals surface area contributed by atoms with Gasteiger partial charge in [-0.1, -0.05) is 0 Å². The fourth-order valence-corrected chi connectivity index (χ4v) is 1.89. The molecule has 0 saturated carbocycles. The summed E-state index contributed by atoms with van der Waals surface area (Å²) in [5.74, 6) is 0.727. The van der Waals surface area contributed by atoms with E-state index in [4.69, 9.17) is 0 Å². The molecule has 4 heteroatoms. The summed E-state index contributed by atoms with van der Waals surface area (Å²) in [6.45, 7) is 4.19. The molecule has 86 valence electrons. The van der Waals surface area contributed by atoms with Crippen LogP contribution in [0.5, 0.6) is 0 Å². The second kappa shape index (κ2) is 3.45. The Morgan fingerprint density at radius 1 is 1.24 bits per heavy atom. The Labute approximate surface area is 99.5 Å². The molecule has 0 N–H and O–H groups in total. The molecule has 2 aromatic heterocycles. The Bertz CT molecular complexity index is 652. The van der Waals surface area contributed by atoms with Crippen molar-refractivity contribution in [1.29, 1.82) is 0 Å². The fourth-order valence-electron chi connectivity index (χ4n) is 1.89. The highest BCUT2D eigenvalue weighted by atomic mass is 15.2. The molecule has 0 spiro atoms. The van der Waals surface area contributed by atoms with Crippen LogP contribution >= 0.6 is 0 Å². The SMILES string of the molecule is Cc1cc2nc(-n3cc[n+](C)c3)[n-]c2cc1C. The van der Waals surface area contributed by atoms with E-state index in [1.54, 1.807) is 0 Å². The van der Waals surface area contributed by atoms with Gasteiger partial charge in [-0.15, -0.1) is 0 Å². The number of nitrogens with zero attached hydrogens (tertiary/aromatic N) is 4. The van der Waals surface area contributed by atoms with Crippen molar-refractivity contribution in [2.24, 2.45) is 7.05 Å². The number of rotatable bonds is 1. The zero-order valence-electron chi connectivity index (χ0n) is 10.2. The molecule has 3 aromatic rings. The van der Waals surface area contributed by atoms with E-state index in [-0.39, 0.29) is 0 Å². The van der Waals surface area contributed by atoms with E-state index in [9.17, 15) is 0 Å². The van der Waals surface area contributed by atoms with Gasteiger partial charge in [0, 0.05) is 17.0 Å². The molecule has 0 aliphatic heterocycles. The third-order valence-corrected chi connectivity index (χ3v) is 3.03. The lowest BCUT2D eigenvalue weighted by Crippen LogP contribution is -2.23. The van der Waals surface area contributed by atoms with Gasteiger partial charge in [0.05, 0.1) is 13.2 Å². The summed E-state index contributed by atoms with van der Waals surface area (Å²) in [5, 5.41) is 0. The van der Waals surface area contributed by atoms with E-state index in [2.05, 4.69) is 35.9 Å². The van der Waals surface area contributed by atoms with E-state index in [0.717, 1.165) is 17.0 Å². The normalized spacial score (nSPS) is 11.2. The van der Waals surface area contributed by atoms with Gasteiger partial charge in [-0.3, -0.25) is 4.57 Å². The first kappa shape index (κ1) is 10.1. The van der Waals surface area contributed by atoms with Crippen molar-refractivity contribution in [1.82, 2.24) is 14.5 Å². The summed E-state index contributed by atoms with van der Waals surface area (Å²) in [5.41, 5.74) is 4.42. The number of benzene rings is 1. The molecule has 2 heterocycles. The average Bonchev–Trinajstić information content (AvgIpc) is 2.85. The van der Waals surface area contributed by atoms with Gasteiger partial charge >= 0.3 is 0 Å². The second-order valence-electron chi connectivity index (χ2n) is 4.44. The highest BCUT2D eigenvalue weighted by molar-refractivity contribution is 5.77. The zero-order valence-corrected chi connectivity index (χ0v) is 10.2. The lowest BCUT2D eigenvalue weighted by Gasteiger charge is -2.02. The molecule has 0 atom stereocenters. The molecule has 4 nitrogen and oxygen atoms in total. The maximum atomic E-state index is 4.54. The topological polar surface area (TPSA) is 35.8 Å². The number of fused-ring (bicyclic) bond motifs is 1. The highest BCUT2D eigenvalue weighted by Crippen LogP contribution is 2.17. The van der Waals surface area contributed by atoms with Crippen molar-refractivity contribution in [3.8, 4) is 5.95 Å². The van der Waals surface area contributed by atoms with Crippen LogP contribution in [-0.2, 0) is 7.05 Å². The molecule has 17 heavy (non-hydrogen) atoms. The van der Waals surface area contributed by atoms with Gasteiger partial charge in [0.2, 0.25) is 0 Å². The van der Waals surface area contributed by atoms with Crippen LogP contribution in [0.4, 0.5) is 0 Å². The van der Waals surface area contributed by atoms with Gasteiger partial charge in [0.15, 0.2) is 0 Å². The van der Waals surface area contributed by atoms with Crippen molar-refractivity contribution in [3.63, 3.8) is 0 Å². The minimum atomic E-state index is 0.727. The third-order valence-electron chi connectivity index (χ3n) is 3.03. The standard InChI is InChI=1S/C13H14N4/c1-9-6-11-12(7-10(9)2)15-13(14-11)17-5-4-16(3)8-17/h4-8H,1-3H3. The summed E-state index contributed by atoms with van der Waals surface area (Å²) in [6, 6.07) is 4.18. The molecule has 3 rings (SSSR count). The minimum Gasteiger partial charge on any atom is -0.358 e. The summed E-state index contributed by atoms with van der Waals surface area (Å²) >= 11 is 0. The van der Waals surface area contributed by atoms with Crippen LogP contribution in [0, 0.1) is 13.8 Å². The molecule has 0 unspecified atom stereocenters. The first-order chi connectivity index (χ1) is 8.13. The van der Waals surface area contributed by atoms with Crippen LogP contribution < -0.4 is 9.55 Å². The largest absolute Gasteiger partial charge is 0.358 e. The predicted molar refractivity (Wildman–Crippen MR) is 65.0 cm³/mol. The highest BCUT2D eigenvalue weighted by Gasteiger charge is 1.99. The summed E-state index contributed by atoms with van der Waals surface area (Å²) in [6.07, 6.45) is 5.87. The molecule has 0 amide bonds. The lowest BCUT2D eigenvalue weighted by molar-refractivity contribution is -0.670. The molecular formula is C13H14N4. The second-order valence-corrected chi connectivity index (χ2v) is 4.44. The number of hydrogen-bond donors (Lipinski definition) is 0. The predicted octanol–water partition coefficient (Wildman–Crippen LogP) is 1.42. The molecule has 0 radical (unpaired) electrons. The minimum absolute atomic E-state index is 0.727. The molecule has 0 fully saturated rings. The van der Waals surface area contributed by atoms with Crippen LogP contribution in [0.2, 0.25) is 0 Å². The Balaban J connectivity index is 2.19. The van der Waals surface area contributed by atoms with Gasteiger partial charge in [-0.2, -0.15) is 0 Å². The number of aromatic nitrogens is 4. The van der Waals surface area contributed by atoms with Crippen molar-refractivity contribution in [2.75, 3.05) is 0 Å². The summed E-state index contributed by atoms with van der Waals surface area (Å²) in [4.78, 5) is 9.07. The van der Waals surface area contributed by atoms with Gasteiger partial charge in [0.1, 0.15) is 6.33 Å². The monoisotopic (exact) mass is 226 g/mol. The quantitative estimate of drug-likeness (QED) is 0.588. The zero-order chi connectivity index (χ0) is 12.0. The van der Waals surface area contributed by atoms with E-state index < -0.39 is 0 Å². The number of aryl methyl sites for hydroxylation is 3. The van der Waals surface area contributed by atoms with Crippen molar-refractivity contribution in [2.45, 2.75) is 13.8 Å². The Kier molecular flexibility index (Phi) is 2.04. The van der Waals surface area contributed by atoms with E-state index >= 15 is 0 Å². The number of hydrogen-bond acceptors (Lipinski definition) is 1. The van der Waals surface area contributed by atoms with E-state index in [1.807, 2.05) is 34.9 Å². The van der Waals surface area contributed by atoms with Crippen molar-refractivity contribution < 1.29 is 4.57 Å². The summed E-state index contributed by atoms with van der Waals surface area (Å²) in [7, 11) is 1.98. The van der Waals surface area contributed by atoms with Crippen LogP contribution in [0.15, 0.2) is 30.9 Å². The van der Waals surface area contributed by atoms with Crippen molar-refractivity contribution >= 4 is 11.0 Å². The first-order valence-electron chi connectivity index (χ1n) is 5.59. The third kappa shape index (κ3) is 1.62. The van der Waals surface area contributed by atoms with Crippen LogP contribution in [0.25, 0.3) is 17.0 Å². The maximum absolute atomic E-state index is 4.54. The Morgan fingerprint density at radius 2 is 2.00 bits per heavy atom. The van der Waals surface area contributed by atoms with Gasteiger partial charge < -0.3 is 14.5 Å². The van der Waals surface area contributed by atoms with Crippen molar-refractivity contribution in [3.05, 3.63) is 42.0 Å². The van der Waals surface area contributed by atoms with Gasteiger partial charge in [0.25, 0.3) is 0 Å². The van der Waals surface area contributed by atoms with Crippen LogP contribution in [0.3, 0.4) is 0 Å². The first-order valence-corrected chi connectivity index (χ1v) is 5.59. The molecule has 0 aliphatic rings. The molecular weight excluding hydrogens is 212 g/mol. The average molecular weight is 226 g/mol. The van der Waals surface area contributed by atoms with Gasteiger partial charge in [-0.05, 0) is 43.3 Å². The smallest absolute Gasteiger partial charge is 0.108 e. The number of imidazole rings is 2. The molecule has 0 aliphatic carbocycles. The summed E-state index contributed by atoms with van der Waals surface area (Å²) < 4.78 is 3.89.